The largest absolute Gasteiger partial charge is 0.322 e. The van der Waals surface area contributed by atoms with Crippen LogP contribution in [0.1, 0.15) is 41.3 Å². The van der Waals surface area contributed by atoms with Gasteiger partial charge in [0.25, 0.3) is 15.9 Å². The first-order valence-corrected chi connectivity index (χ1v) is 11.3. The molecule has 0 fully saturated rings. The minimum atomic E-state index is -3.97. The van der Waals surface area contributed by atoms with Gasteiger partial charge in [-0.2, -0.15) is 0 Å². The van der Waals surface area contributed by atoms with E-state index in [-0.39, 0.29) is 15.5 Å². The molecule has 0 spiro atoms. The fourth-order valence-corrected chi connectivity index (χ4v) is 4.50. The van der Waals surface area contributed by atoms with Gasteiger partial charge in [0.05, 0.1) is 5.02 Å². The summed E-state index contributed by atoms with van der Waals surface area (Å²) >= 11 is 6.14. The molecule has 0 aliphatic rings. The van der Waals surface area contributed by atoms with Gasteiger partial charge in [0.2, 0.25) is 0 Å². The third kappa shape index (κ3) is 5.20. The van der Waals surface area contributed by atoms with E-state index < -0.39 is 15.9 Å². The minimum absolute atomic E-state index is 0.0352. The summed E-state index contributed by atoms with van der Waals surface area (Å²) in [6.45, 7) is 6.05. The van der Waals surface area contributed by atoms with Crippen molar-refractivity contribution in [2.45, 2.75) is 31.6 Å². The fourth-order valence-electron chi connectivity index (χ4n) is 2.92. The summed E-state index contributed by atoms with van der Waals surface area (Å²) in [5.74, 6) is -0.0318. The zero-order valence-electron chi connectivity index (χ0n) is 16.9. The van der Waals surface area contributed by atoms with E-state index in [0.29, 0.717) is 17.3 Å². The number of rotatable bonds is 6. The highest BCUT2D eigenvalue weighted by molar-refractivity contribution is 7.92. The van der Waals surface area contributed by atoms with Crippen LogP contribution in [0.15, 0.2) is 71.6 Å². The molecule has 3 aromatic rings. The second-order valence-corrected chi connectivity index (χ2v) is 9.41. The summed E-state index contributed by atoms with van der Waals surface area (Å²) in [7, 11) is -3.97. The topological polar surface area (TPSA) is 75.3 Å². The van der Waals surface area contributed by atoms with E-state index in [0.717, 1.165) is 11.1 Å². The molecular formula is C23H23ClN2O3S. The van der Waals surface area contributed by atoms with E-state index in [1.165, 1.54) is 18.2 Å². The third-order valence-corrected chi connectivity index (χ3v) is 6.45. The van der Waals surface area contributed by atoms with Gasteiger partial charge in [0, 0.05) is 16.9 Å². The Labute approximate surface area is 182 Å². The number of aryl methyl sites for hydroxylation is 1. The van der Waals surface area contributed by atoms with E-state index >= 15 is 0 Å². The highest BCUT2D eigenvalue weighted by atomic mass is 35.5. The summed E-state index contributed by atoms with van der Waals surface area (Å²) in [6, 6.07) is 18.7. The quantitative estimate of drug-likeness (QED) is 0.504. The normalized spacial score (nSPS) is 11.4. The van der Waals surface area contributed by atoms with Gasteiger partial charge in [-0.05, 0) is 66.4 Å². The van der Waals surface area contributed by atoms with Gasteiger partial charge < -0.3 is 5.32 Å². The lowest BCUT2D eigenvalue weighted by molar-refractivity contribution is 0.102. The van der Waals surface area contributed by atoms with Gasteiger partial charge >= 0.3 is 0 Å². The minimum Gasteiger partial charge on any atom is -0.322 e. The number of hydrogen-bond acceptors (Lipinski definition) is 3. The first kappa shape index (κ1) is 21.9. The first-order chi connectivity index (χ1) is 14.2. The molecule has 7 heteroatoms. The lowest BCUT2D eigenvalue weighted by Crippen LogP contribution is -2.16. The molecule has 30 heavy (non-hydrogen) atoms. The van der Waals surface area contributed by atoms with E-state index in [1.54, 1.807) is 18.2 Å². The molecule has 2 N–H and O–H groups in total. The Morgan fingerprint density at radius 1 is 0.933 bits per heavy atom. The van der Waals surface area contributed by atoms with Crippen molar-refractivity contribution in [2.75, 3.05) is 10.0 Å². The Morgan fingerprint density at radius 3 is 2.27 bits per heavy atom. The van der Waals surface area contributed by atoms with Crippen molar-refractivity contribution >= 4 is 38.9 Å². The predicted molar refractivity (Wildman–Crippen MR) is 122 cm³/mol. The monoisotopic (exact) mass is 442 g/mol. The zero-order chi connectivity index (χ0) is 21.9. The van der Waals surface area contributed by atoms with Crippen molar-refractivity contribution in [1.29, 1.82) is 0 Å². The van der Waals surface area contributed by atoms with Crippen LogP contribution in [0.4, 0.5) is 11.4 Å². The van der Waals surface area contributed by atoms with Gasteiger partial charge in [0.1, 0.15) is 4.90 Å². The van der Waals surface area contributed by atoms with Gasteiger partial charge in [0.15, 0.2) is 0 Å². The van der Waals surface area contributed by atoms with E-state index in [4.69, 9.17) is 11.6 Å². The Hall–Kier alpha value is -2.83. The van der Waals surface area contributed by atoms with Gasteiger partial charge in [-0.15, -0.1) is 0 Å². The SMILES string of the molecule is Cc1cccc(NS(=O)(=O)c2cc(C(=O)Nc3ccc(C(C)C)cc3)ccc2Cl)c1. The standard InChI is InChI=1S/C23H23ClN2O3S/c1-15(2)17-7-10-19(11-8-17)25-23(27)18-9-12-21(24)22(14-18)30(28,29)26-20-6-4-5-16(3)13-20/h4-15,26H,1-3H3,(H,25,27). The van der Waals surface area contributed by atoms with Gasteiger partial charge in [-0.1, -0.05) is 49.7 Å². The molecule has 0 saturated carbocycles. The molecule has 0 heterocycles. The number of anilines is 2. The highest BCUT2D eigenvalue weighted by Crippen LogP contribution is 2.26. The lowest BCUT2D eigenvalue weighted by Gasteiger charge is -2.12. The number of sulfonamides is 1. The lowest BCUT2D eigenvalue weighted by atomic mass is 10.0. The van der Waals surface area contributed by atoms with E-state index in [9.17, 15) is 13.2 Å². The number of carbonyl (C=O) groups is 1. The molecule has 5 nitrogen and oxygen atoms in total. The van der Waals surface area contributed by atoms with E-state index in [2.05, 4.69) is 23.9 Å². The Bertz CT molecular complexity index is 1170. The van der Waals surface area contributed by atoms with Crippen molar-refractivity contribution in [2.24, 2.45) is 0 Å². The summed E-state index contributed by atoms with van der Waals surface area (Å²) in [5, 5.41) is 2.82. The number of hydrogen-bond donors (Lipinski definition) is 2. The maximum Gasteiger partial charge on any atom is 0.263 e. The average Bonchev–Trinajstić information content (AvgIpc) is 2.68. The molecular weight excluding hydrogens is 420 g/mol. The smallest absolute Gasteiger partial charge is 0.263 e. The molecule has 0 aromatic heterocycles. The number of amides is 1. The molecule has 1 amide bonds. The average molecular weight is 443 g/mol. The number of benzene rings is 3. The van der Waals surface area contributed by atoms with Gasteiger partial charge in [-0.25, -0.2) is 8.42 Å². The van der Waals surface area contributed by atoms with Crippen LogP contribution in [0.2, 0.25) is 5.02 Å². The summed E-state index contributed by atoms with van der Waals surface area (Å²) in [6.07, 6.45) is 0. The molecule has 3 aromatic carbocycles. The molecule has 0 radical (unpaired) electrons. The van der Waals surface area contributed by atoms with Crippen molar-refractivity contribution in [3.8, 4) is 0 Å². The van der Waals surface area contributed by atoms with Crippen LogP contribution in [-0.4, -0.2) is 14.3 Å². The Kier molecular flexibility index (Phi) is 6.48. The van der Waals surface area contributed by atoms with Crippen LogP contribution in [0, 0.1) is 6.92 Å². The molecule has 0 unspecified atom stereocenters. The summed E-state index contributed by atoms with van der Waals surface area (Å²) in [4.78, 5) is 12.5. The Morgan fingerprint density at radius 2 is 1.63 bits per heavy atom. The van der Waals surface area contributed by atoms with Crippen LogP contribution in [0.25, 0.3) is 0 Å². The van der Waals surface area contributed by atoms with Crippen molar-refractivity contribution in [3.63, 3.8) is 0 Å². The summed E-state index contributed by atoms with van der Waals surface area (Å²) in [5.41, 5.74) is 3.32. The number of halogens is 1. The zero-order valence-corrected chi connectivity index (χ0v) is 18.5. The van der Waals surface area contributed by atoms with Crippen molar-refractivity contribution in [1.82, 2.24) is 0 Å². The maximum absolute atomic E-state index is 12.8. The maximum atomic E-state index is 12.8. The molecule has 0 atom stereocenters. The molecule has 0 saturated heterocycles. The predicted octanol–water partition coefficient (Wildman–Crippen LogP) is 5.82. The van der Waals surface area contributed by atoms with Crippen molar-refractivity contribution in [3.05, 3.63) is 88.4 Å². The molecule has 0 aliphatic carbocycles. The molecule has 3 rings (SSSR count). The fraction of sp³-hybridized carbons (Fsp3) is 0.174. The van der Waals surface area contributed by atoms with Crippen molar-refractivity contribution < 1.29 is 13.2 Å². The number of carbonyl (C=O) groups excluding carboxylic acids is 1. The van der Waals surface area contributed by atoms with Crippen LogP contribution in [0.3, 0.4) is 0 Å². The highest BCUT2D eigenvalue weighted by Gasteiger charge is 2.20. The molecule has 0 aliphatic heterocycles. The Balaban J connectivity index is 1.84. The third-order valence-electron chi connectivity index (χ3n) is 4.59. The first-order valence-electron chi connectivity index (χ1n) is 9.46. The second kappa shape index (κ2) is 8.90. The van der Waals surface area contributed by atoms with Crippen LogP contribution in [-0.2, 0) is 10.0 Å². The van der Waals surface area contributed by atoms with E-state index in [1.807, 2.05) is 37.3 Å². The molecule has 156 valence electrons. The van der Waals surface area contributed by atoms with Gasteiger partial charge in [-0.3, -0.25) is 9.52 Å². The molecule has 0 bridgehead atoms. The second-order valence-electron chi connectivity index (χ2n) is 7.35. The summed E-state index contributed by atoms with van der Waals surface area (Å²) < 4.78 is 28.2. The number of nitrogens with one attached hydrogen (secondary N) is 2. The van der Waals surface area contributed by atoms with Crippen LogP contribution < -0.4 is 10.0 Å². The van der Waals surface area contributed by atoms with Crippen LogP contribution >= 0.6 is 11.6 Å². The van der Waals surface area contributed by atoms with Crippen LogP contribution in [0.5, 0.6) is 0 Å².